The van der Waals surface area contributed by atoms with Crippen molar-refractivity contribution in [2.45, 2.75) is 31.2 Å². The number of carbonyl (C=O) groups excluding carboxylic acids is 1. The molecule has 0 bridgehead atoms. The van der Waals surface area contributed by atoms with Gasteiger partial charge >= 0.3 is 0 Å². The molecule has 126 valence electrons. The van der Waals surface area contributed by atoms with Gasteiger partial charge in [-0.25, -0.2) is 0 Å². The Kier molecular flexibility index (Phi) is 4.00. The van der Waals surface area contributed by atoms with Crippen LogP contribution in [0, 0.1) is 5.92 Å². The van der Waals surface area contributed by atoms with E-state index in [-0.39, 0.29) is 5.92 Å². The van der Waals surface area contributed by atoms with Gasteiger partial charge in [0, 0.05) is 44.0 Å². The van der Waals surface area contributed by atoms with Gasteiger partial charge in [-0.2, -0.15) is 5.10 Å². The summed E-state index contributed by atoms with van der Waals surface area (Å²) in [5.74, 6) is 0.890. The van der Waals surface area contributed by atoms with E-state index in [0.29, 0.717) is 17.9 Å². The Labute approximate surface area is 142 Å². The normalized spacial score (nSPS) is 24.0. The van der Waals surface area contributed by atoms with Crippen molar-refractivity contribution >= 4 is 11.6 Å². The lowest BCUT2D eigenvalue weighted by Gasteiger charge is -2.33. The predicted molar refractivity (Wildman–Crippen MR) is 93.7 cm³/mol. The summed E-state index contributed by atoms with van der Waals surface area (Å²) in [5, 5.41) is 7.79. The Morgan fingerprint density at radius 1 is 1.21 bits per heavy atom. The molecule has 1 aliphatic heterocycles. The fourth-order valence-electron chi connectivity index (χ4n) is 3.72. The molecule has 1 aromatic carbocycles. The molecule has 2 heterocycles. The van der Waals surface area contributed by atoms with Gasteiger partial charge in [0.1, 0.15) is 0 Å². The Morgan fingerprint density at radius 2 is 1.96 bits per heavy atom. The van der Waals surface area contributed by atoms with E-state index in [0.717, 1.165) is 32.4 Å². The van der Waals surface area contributed by atoms with Crippen molar-refractivity contribution < 1.29 is 4.79 Å². The van der Waals surface area contributed by atoms with Gasteiger partial charge in [-0.1, -0.05) is 18.2 Å². The number of nitrogens with one attached hydrogen (secondary N) is 1. The zero-order valence-corrected chi connectivity index (χ0v) is 14.1. The second kappa shape index (κ2) is 6.30. The number of benzene rings is 1. The first-order valence-electron chi connectivity index (χ1n) is 8.79. The molecule has 5 heteroatoms. The average Bonchev–Trinajstić information content (AvgIpc) is 3.30. The molecule has 1 saturated heterocycles. The summed E-state index contributed by atoms with van der Waals surface area (Å²) >= 11 is 0. The molecule has 2 aliphatic rings. The number of piperidine rings is 1. The number of anilines is 1. The Bertz CT molecular complexity index is 703. The smallest absolute Gasteiger partial charge is 0.226 e. The van der Waals surface area contributed by atoms with Crippen molar-refractivity contribution in [3.63, 3.8) is 0 Å². The minimum Gasteiger partial charge on any atom is -0.382 e. The number of carbonyl (C=O) groups is 1. The molecular weight excluding hydrogens is 300 g/mol. The third kappa shape index (κ3) is 3.16. The third-order valence-corrected chi connectivity index (χ3v) is 5.21. The summed E-state index contributed by atoms with van der Waals surface area (Å²) in [5.41, 5.74) is 2.37. The van der Waals surface area contributed by atoms with Crippen LogP contribution >= 0.6 is 0 Å². The summed E-state index contributed by atoms with van der Waals surface area (Å²) in [6, 6.07) is 10.8. The van der Waals surface area contributed by atoms with Gasteiger partial charge in [-0.3, -0.25) is 9.48 Å². The molecule has 1 aliphatic carbocycles. The van der Waals surface area contributed by atoms with E-state index in [1.807, 2.05) is 42.3 Å². The summed E-state index contributed by atoms with van der Waals surface area (Å²) in [7, 11) is 1.92. The van der Waals surface area contributed by atoms with Crippen LogP contribution in [-0.4, -0.2) is 39.7 Å². The second-order valence-electron chi connectivity index (χ2n) is 7.01. The molecule has 24 heavy (non-hydrogen) atoms. The number of aryl methyl sites for hydroxylation is 1. The maximum atomic E-state index is 12.7. The Morgan fingerprint density at radius 3 is 2.62 bits per heavy atom. The van der Waals surface area contributed by atoms with Crippen LogP contribution < -0.4 is 5.32 Å². The number of likely N-dealkylation sites (tertiary alicyclic amines) is 1. The van der Waals surface area contributed by atoms with Crippen LogP contribution in [0.1, 0.15) is 30.7 Å². The number of para-hydroxylation sites is 1. The van der Waals surface area contributed by atoms with Crippen molar-refractivity contribution in [1.82, 2.24) is 14.7 Å². The predicted octanol–water partition coefficient (Wildman–Crippen LogP) is 2.63. The van der Waals surface area contributed by atoms with Crippen LogP contribution in [0.5, 0.6) is 0 Å². The highest BCUT2D eigenvalue weighted by atomic mass is 16.2. The number of aromatic nitrogens is 2. The summed E-state index contributed by atoms with van der Waals surface area (Å²) < 4.78 is 1.82. The molecule has 5 nitrogen and oxygen atoms in total. The first-order chi connectivity index (χ1) is 11.7. The molecule has 0 radical (unpaired) electrons. The zero-order valence-electron chi connectivity index (χ0n) is 14.1. The number of amides is 1. The summed E-state index contributed by atoms with van der Waals surface area (Å²) in [4.78, 5) is 14.8. The maximum absolute atomic E-state index is 12.7. The molecule has 1 N–H and O–H groups in total. The topological polar surface area (TPSA) is 50.2 Å². The monoisotopic (exact) mass is 324 g/mol. The van der Waals surface area contributed by atoms with E-state index in [4.69, 9.17) is 0 Å². The standard InChI is InChI=1S/C19H24N4O/c1-22-13-14(12-20-22)17-11-18(17)19(24)23-9-7-16(8-10-23)21-15-5-3-2-4-6-15/h2-6,12-13,16-18,21H,7-11H2,1H3. The summed E-state index contributed by atoms with van der Waals surface area (Å²) in [6.45, 7) is 1.72. The fourth-order valence-corrected chi connectivity index (χ4v) is 3.72. The Balaban J connectivity index is 1.28. The van der Waals surface area contributed by atoms with Crippen molar-refractivity contribution in [2.24, 2.45) is 13.0 Å². The van der Waals surface area contributed by atoms with Gasteiger partial charge in [0.25, 0.3) is 0 Å². The van der Waals surface area contributed by atoms with Gasteiger partial charge in [0.05, 0.1) is 6.20 Å². The minimum absolute atomic E-state index is 0.174. The molecule has 0 spiro atoms. The van der Waals surface area contributed by atoms with Crippen molar-refractivity contribution in [2.75, 3.05) is 18.4 Å². The average molecular weight is 324 g/mol. The molecule has 1 amide bonds. The van der Waals surface area contributed by atoms with Gasteiger partial charge in [0.2, 0.25) is 5.91 Å². The quantitative estimate of drug-likeness (QED) is 0.940. The lowest BCUT2D eigenvalue weighted by Crippen LogP contribution is -2.43. The minimum atomic E-state index is 0.174. The van der Waals surface area contributed by atoms with Crippen LogP contribution in [0.2, 0.25) is 0 Å². The number of hydrogen-bond acceptors (Lipinski definition) is 3. The van der Waals surface area contributed by atoms with Gasteiger partial charge < -0.3 is 10.2 Å². The number of nitrogens with zero attached hydrogens (tertiary/aromatic N) is 3. The second-order valence-corrected chi connectivity index (χ2v) is 7.01. The first-order valence-corrected chi connectivity index (χ1v) is 8.79. The highest BCUT2D eigenvalue weighted by Gasteiger charge is 2.46. The van der Waals surface area contributed by atoms with E-state index in [2.05, 4.69) is 27.4 Å². The lowest BCUT2D eigenvalue weighted by molar-refractivity contribution is -0.133. The van der Waals surface area contributed by atoms with Crippen molar-refractivity contribution in [3.8, 4) is 0 Å². The number of rotatable bonds is 4. The zero-order chi connectivity index (χ0) is 16.5. The fraction of sp³-hybridized carbons (Fsp3) is 0.474. The molecule has 4 rings (SSSR count). The van der Waals surface area contributed by atoms with Gasteiger partial charge in [0.15, 0.2) is 0 Å². The van der Waals surface area contributed by atoms with E-state index in [1.165, 1.54) is 11.3 Å². The van der Waals surface area contributed by atoms with Crippen molar-refractivity contribution in [3.05, 3.63) is 48.3 Å². The van der Waals surface area contributed by atoms with Gasteiger partial charge in [-0.15, -0.1) is 0 Å². The van der Waals surface area contributed by atoms with E-state index in [1.54, 1.807) is 0 Å². The molecule has 2 atom stereocenters. The van der Waals surface area contributed by atoms with Gasteiger partial charge in [-0.05, 0) is 42.9 Å². The molecule has 1 aromatic heterocycles. The largest absolute Gasteiger partial charge is 0.382 e. The van der Waals surface area contributed by atoms with E-state index in [9.17, 15) is 4.79 Å². The van der Waals surface area contributed by atoms with E-state index < -0.39 is 0 Å². The van der Waals surface area contributed by atoms with Crippen LogP contribution in [0.25, 0.3) is 0 Å². The Hall–Kier alpha value is -2.30. The summed E-state index contributed by atoms with van der Waals surface area (Å²) in [6.07, 6.45) is 6.95. The SMILES string of the molecule is Cn1cc(C2CC2C(=O)N2CCC(Nc3ccccc3)CC2)cn1. The van der Waals surface area contributed by atoms with Crippen LogP contribution in [0.4, 0.5) is 5.69 Å². The number of hydrogen-bond donors (Lipinski definition) is 1. The van der Waals surface area contributed by atoms with Crippen molar-refractivity contribution in [1.29, 1.82) is 0 Å². The molecule has 2 fully saturated rings. The third-order valence-electron chi connectivity index (χ3n) is 5.21. The molecule has 2 aromatic rings. The van der Waals surface area contributed by atoms with Crippen LogP contribution in [0.15, 0.2) is 42.7 Å². The highest BCUT2D eigenvalue weighted by molar-refractivity contribution is 5.83. The molecular formula is C19H24N4O. The first kappa shape index (κ1) is 15.2. The lowest BCUT2D eigenvalue weighted by atomic mass is 10.0. The molecule has 1 saturated carbocycles. The van der Waals surface area contributed by atoms with Crippen LogP contribution in [0.3, 0.4) is 0 Å². The van der Waals surface area contributed by atoms with Crippen LogP contribution in [-0.2, 0) is 11.8 Å². The molecule has 2 unspecified atom stereocenters. The maximum Gasteiger partial charge on any atom is 0.226 e. The van der Waals surface area contributed by atoms with E-state index >= 15 is 0 Å². The highest BCUT2D eigenvalue weighted by Crippen LogP contribution is 2.48.